The summed E-state index contributed by atoms with van der Waals surface area (Å²) in [4.78, 5) is 14.9. The van der Waals surface area contributed by atoms with Crippen molar-refractivity contribution in [2.24, 2.45) is 0 Å². The van der Waals surface area contributed by atoms with Gasteiger partial charge in [0.2, 0.25) is 0 Å². The van der Waals surface area contributed by atoms with Gasteiger partial charge < -0.3 is 15.0 Å². The summed E-state index contributed by atoms with van der Waals surface area (Å²) in [6, 6.07) is 0.548. The standard InChI is InChI=1S/C17H32N2O2/c1-3-11-18-17(16(20)21-2)10-9-15(14-17)19-12-7-5-4-6-8-13-19/h15,18H,3-14H2,1-2H3. The molecule has 1 N–H and O–H groups in total. The second kappa shape index (κ2) is 8.14. The van der Waals surface area contributed by atoms with E-state index in [4.69, 9.17) is 4.74 Å². The van der Waals surface area contributed by atoms with Gasteiger partial charge in [-0.25, -0.2) is 0 Å². The molecule has 2 aliphatic rings. The molecule has 2 fully saturated rings. The van der Waals surface area contributed by atoms with Gasteiger partial charge in [0, 0.05) is 6.04 Å². The first-order valence-corrected chi connectivity index (χ1v) is 8.79. The number of nitrogens with zero attached hydrogens (tertiary/aromatic N) is 1. The maximum atomic E-state index is 12.3. The molecule has 122 valence electrons. The van der Waals surface area contributed by atoms with Crippen molar-refractivity contribution in [2.75, 3.05) is 26.7 Å². The molecule has 1 saturated carbocycles. The third kappa shape index (κ3) is 4.19. The molecule has 2 unspecified atom stereocenters. The third-order valence-electron chi connectivity index (χ3n) is 5.18. The van der Waals surface area contributed by atoms with Gasteiger partial charge in [-0.1, -0.05) is 26.2 Å². The minimum atomic E-state index is -0.433. The number of nitrogens with one attached hydrogen (secondary N) is 1. The van der Waals surface area contributed by atoms with E-state index in [1.165, 1.54) is 52.3 Å². The van der Waals surface area contributed by atoms with E-state index >= 15 is 0 Å². The highest BCUT2D eigenvalue weighted by Crippen LogP contribution is 2.35. The highest BCUT2D eigenvalue weighted by molar-refractivity contribution is 5.81. The van der Waals surface area contributed by atoms with Crippen molar-refractivity contribution < 1.29 is 9.53 Å². The Hall–Kier alpha value is -0.610. The summed E-state index contributed by atoms with van der Waals surface area (Å²) < 4.78 is 5.09. The van der Waals surface area contributed by atoms with E-state index < -0.39 is 5.54 Å². The Bertz CT molecular complexity index is 327. The smallest absolute Gasteiger partial charge is 0.326 e. The molecule has 4 heteroatoms. The van der Waals surface area contributed by atoms with Crippen LogP contribution >= 0.6 is 0 Å². The van der Waals surface area contributed by atoms with Crippen molar-refractivity contribution in [1.29, 1.82) is 0 Å². The molecular weight excluding hydrogens is 264 g/mol. The van der Waals surface area contributed by atoms with Gasteiger partial charge in [0.25, 0.3) is 0 Å². The van der Waals surface area contributed by atoms with Gasteiger partial charge in [0.15, 0.2) is 0 Å². The lowest BCUT2D eigenvalue weighted by Crippen LogP contribution is -2.52. The zero-order chi connectivity index (χ0) is 15.1. The molecular formula is C17H32N2O2. The summed E-state index contributed by atoms with van der Waals surface area (Å²) in [5, 5.41) is 3.49. The molecule has 0 spiro atoms. The SMILES string of the molecule is CCCNC1(C(=O)OC)CCC(N2CCCCCCC2)C1. The third-order valence-corrected chi connectivity index (χ3v) is 5.18. The molecule has 0 amide bonds. The van der Waals surface area contributed by atoms with Gasteiger partial charge in [0.1, 0.15) is 5.54 Å². The van der Waals surface area contributed by atoms with Crippen LogP contribution in [-0.4, -0.2) is 49.2 Å². The van der Waals surface area contributed by atoms with Crippen molar-refractivity contribution in [1.82, 2.24) is 10.2 Å². The number of esters is 1. The lowest BCUT2D eigenvalue weighted by Gasteiger charge is -2.33. The molecule has 1 heterocycles. The zero-order valence-corrected chi connectivity index (χ0v) is 13.8. The van der Waals surface area contributed by atoms with Gasteiger partial charge in [-0.2, -0.15) is 0 Å². The van der Waals surface area contributed by atoms with Crippen molar-refractivity contribution in [2.45, 2.75) is 76.3 Å². The first-order chi connectivity index (χ1) is 10.2. The molecule has 1 aliphatic heterocycles. The van der Waals surface area contributed by atoms with Crippen LogP contribution in [0.4, 0.5) is 0 Å². The molecule has 0 aromatic heterocycles. The average Bonchev–Trinajstić information content (AvgIpc) is 2.89. The number of carbonyl (C=O) groups excluding carboxylic acids is 1. The molecule has 1 saturated heterocycles. The summed E-state index contributed by atoms with van der Waals surface area (Å²) >= 11 is 0. The second-order valence-electron chi connectivity index (χ2n) is 6.70. The van der Waals surface area contributed by atoms with Crippen LogP contribution in [0.2, 0.25) is 0 Å². The van der Waals surface area contributed by atoms with Gasteiger partial charge in [0.05, 0.1) is 7.11 Å². The van der Waals surface area contributed by atoms with E-state index in [1.807, 2.05) is 0 Å². The lowest BCUT2D eigenvalue weighted by atomic mass is 9.96. The van der Waals surface area contributed by atoms with Crippen LogP contribution in [-0.2, 0) is 9.53 Å². The normalized spacial score (nSPS) is 31.6. The summed E-state index contributed by atoms with van der Waals surface area (Å²) in [6.45, 7) is 5.44. The number of rotatable bonds is 5. The fraction of sp³-hybridized carbons (Fsp3) is 0.941. The van der Waals surface area contributed by atoms with Crippen LogP contribution in [0.1, 0.15) is 64.7 Å². The van der Waals surface area contributed by atoms with Gasteiger partial charge in [-0.05, 0) is 58.2 Å². The van der Waals surface area contributed by atoms with E-state index in [-0.39, 0.29) is 5.97 Å². The Morgan fingerprint density at radius 3 is 2.52 bits per heavy atom. The largest absolute Gasteiger partial charge is 0.468 e. The highest BCUT2D eigenvalue weighted by atomic mass is 16.5. The molecule has 4 nitrogen and oxygen atoms in total. The van der Waals surface area contributed by atoms with Crippen molar-refractivity contribution in [3.05, 3.63) is 0 Å². The van der Waals surface area contributed by atoms with Crippen molar-refractivity contribution in [3.63, 3.8) is 0 Å². The summed E-state index contributed by atoms with van der Waals surface area (Å²) in [7, 11) is 1.52. The topological polar surface area (TPSA) is 41.6 Å². The minimum absolute atomic E-state index is 0.0644. The van der Waals surface area contributed by atoms with E-state index in [1.54, 1.807) is 0 Å². The van der Waals surface area contributed by atoms with Crippen LogP contribution in [0.3, 0.4) is 0 Å². The summed E-state index contributed by atoms with van der Waals surface area (Å²) in [5.74, 6) is -0.0644. The first-order valence-electron chi connectivity index (χ1n) is 8.79. The van der Waals surface area contributed by atoms with Crippen LogP contribution in [0.5, 0.6) is 0 Å². The van der Waals surface area contributed by atoms with Crippen LogP contribution in [0.15, 0.2) is 0 Å². The van der Waals surface area contributed by atoms with Gasteiger partial charge >= 0.3 is 5.97 Å². The Kier molecular flexibility index (Phi) is 6.49. The number of hydrogen-bond acceptors (Lipinski definition) is 4. The van der Waals surface area contributed by atoms with E-state index in [9.17, 15) is 4.79 Å². The molecule has 2 rings (SSSR count). The summed E-state index contributed by atoms with van der Waals surface area (Å²) in [6.07, 6.45) is 10.7. The Labute approximate surface area is 129 Å². The molecule has 2 atom stereocenters. The minimum Gasteiger partial charge on any atom is -0.468 e. The molecule has 21 heavy (non-hydrogen) atoms. The highest BCUT2D eigenvalue weighted by Gasteiger charge is 2.47. The quantitative estimate of drug-likeness (QED) is 0.792. The molecule has 0 aromatic rings. The number of ether oxygens (including phenoxy) is 1. The van der Waals surface area contributed by atoms with E-state index in [2.05, 4.69) is 17.1 Å². The van der Waals surface area contributed by atoms with Crippen LogP contribution in [0, 0.1) is 0 Å². The predicted octanol–water partition coefficient (Wildman–Crippen LogP) is 2.72. The number of methoxy groups -OCH3 is 1. The fourth-order valence-electron chi connectivity index (χ4n) is 3.95. The second-order valence-corrected chi connectivity index (χ2v) is 6.70. The van der Waals surface area contributed by atoms with Crippen LogP contribution < -0.4 is 5.32 Å². The number of hydrogen-bond donors (Lipinski definition) is 1. The fourth-order valence-corrected chi connectivity index (χ4v) is 3.95. The van der Waals surface area contributed by atoms with Gasteiger partial charge in [-0.3, -0.25) is 4.79 Å². The van der Waals surface area contributed by atoms with E-state index in [0.29, 0.717) is 6.04 Å². The molecule has 0 radical (unpaired) electrons. The monoisotopic (exact) mass is 296 g/mol. The average molecular weight is 296 g/mol. The Morgan fingerprint density at radius 1 is 1.24 bits per heavy atom. The van der Waals surface area contributed by atoms with E-state index in [0.717, 1.165) is 32.2 Å². The molecule has 1 aliphatic carbocycles. The molecule has 0 bridgehead atoms. The number of likely N-dealkylation sites (tertiary alicyclic amines) is 1. The molecule has 0 aromatic carbocycles. The van der Waals surface area contributed by atoms with Gasteiger partial charge in [-0.15, -0.1) is 0 Å². The van der Waals surface area contributed by atoms with Crippen molar-refractivity contribution >= 4 is 5.97 Å². The lowest BCUT2D eigenvalue weighted by molar-refractivity contribution is -0.148. The Balaban J connectivity index is 1.98. The zero-order valence-electron chi connectivity index (χ0n) is 13.8. The van der Waals surface area contributed by atoms with Crippen molar-refractivity contribution in [3.8, 4) is 0 Å². The number of carbonyl (C=O) groups is 1. The maximum Gasteiger partial charge on any atom is 0.326 e. The maximum absolute atomic E-state index is 12.3. The first kappa shape index (κ1) is 16.8. The van der Waals surface area contributed by atoms with Crippen LogP contribution in [0.25, 0.3) is 0 Å². The predicted molar refractivity (Wildman–Crippen MR) is 85.3 cm³/mol. The Morgan fingerprint density at radius 2 is 1.90 bits per heavy atom. The summed E-state index contributed by atoms with van der Waals surface area (Å²) in [5.41, 5.74) is -0.433.